The van der Waals surface area contributed by atoms with Crippen LogP contribution in [0, 0.1) is 0 Å². The zero-order valence-corrected chi connectivity index (χ0v) is 13.1. The molecule has 1 aliphatic rings. The number of aromatic carboxylic acids is 1. The molecular formula is C15H20N2O3S. The molecule has 1 aromatic rings. The van der Waals surface area contributed by atoms with Crippen LogP contribution in [0.5, 0.6) is 0 Å². The van der Waals surface area contributed by atoms with Crippen LogP contribution in [0.2, 0.25) is 0 Å². The fourth-order valence-electron chi connectivity index (χ4n) is 2.32. The van der Waals surface area contributed by atoms with Crippen LogP contribution < -0.4 is 10.2 Å². The number of carbonyl (C=O) groups excluding carboxylic acids is 1. The number of thioether (sulfide) groups is 1. The molecule has 1 atom stereocenters. The molecule has 2 amide bonds. The first-order valence-electron chi connectivity index (χ1n) is 6.97. The molecule has 114 valence electrons. The lowest BCUT2D eigenvalue weighted by atomic mass is 10.1. The Kier molecular flexibility index (Phi) is 5.12. The van der Waals surface area contributed by atoms with Crippen molar-refractivity contribution in [1.29, 1.82) is 0 Å². The molecule has 1 heterocycles. The van der Waals surface area contributed by atoms with Gasteiger partial charge in [-0.05, 0) is 36.8 Å². The Morgan fingerprint density at radius 3 is 2.90 bits per heavy atom. The second-order valence-corrected chi connectivity index (χ2v) is 6.39. The van der Waals surface area contributed by atoms with Crippen molar-refractivity contribution in [3.63, 3.8) is 0 Å². The van der Waals surface area contributed by atoms with E-state index in [1.165, 1.54) is 0 Å². The third-order valence-corrected chi connectivity index (χ3v) is 4.74. The van der Waals surface area contributed by atoms with Gasteiger partial charge in [-0.25, -0.2) is 9.59 Å². The molecule has 6 heteroatoms. The van der Waals surface area contributed by atoms with Gasteiger partial charge in [0.15, 0.2) is 0 Å². The Bertz CT molecular complexity index is 548. The third-order valence-electron chi connectivity index (χ3n) is 3.70. The zero-order valence-electron chi connectivity index (χ0n) is 12.3. The average molecular weight is 308 g/mol. The minimum Gasteiger partial charge on any atom is -0.478 e. The van der Waals surface area contributed by atoms with E-state index in [0.29, 0.717) is 24.0 Å². The molecule has 0 aromatic heterocycles. The maximum absolute atomic E-state index is 12.2. The van der Waals surface area contributed by atoms with Crippen molar-refractivity contribution in [2.24, 2.45) is 0 Å². The van der Waals surface area contributed by atoms with Gasteiger partial charge in [-0.15, -0.1) is 0 Å². The zero-order chi connectivity index (χ0) is 15.4. The van der Waals surface area contributed by atoms with Crippen molar-refractivity contribution in [3.8, 4) is 0 Å². The van der Waals surface area contributed by atoms with E-state index in [1.807, 2.05) is 0 Å². The number of nitrogens with zero attached hydrogens (tertiary/aromatic N) is 1. The van der Waals surface area contributed by atoms with Crippen LogP contribution in [0.4, 0.5) is 10.5 Å². The van der Waals surface area contributed by atoms with E-state index in [9.17, 15) is 9.59 Å². The Balaban J connectivity index is 2.02. The standard InChI is InChI=1S/C15H20N2O3S/c1-10(21-2)5-7-16-15(20)17-8-6-11-3-4-12(14(18)19)9-13(11)17/h3-4,9-10H,5-8H2,1-2H3,(H,16,20)(H,18,19). The SMILES string of the molecule is CSC(C)CCNC(=O)N1CCc2ccc(C(=O)O)cc21. The van der Waals surface area contributed by atoms with Gasteiger partial charge in [0.2, 0.25) is 0 Å². The lowest BCUT2D eigenvalue weighted by molar-refractivity contribution is 0.0697. The summed E-state index contributed by atoms with van der Waals surface area (Å²) >= 11 is 1.77. The molecule has 1 aliphatic heterocycles. The second kappa shape index (κ2) is 6.85. The van der Waals surface area contributed by atoms with E-state index in [0.717, 1.165) is 18.4 Å². The molecule has 0 saturated carbocycles. The van der Waals surface area contributed by atoms with E-state index < -0.39 is 5.97 Å². The highest BCUT2D eigenvalue weighted by atomic mass is 32.2. The summed E-state index contributed by atoms with van der Waals surface area (Å²) in [6.45, 7) is 3.36. The lowest BCUT2D eigenvalue weighted by Gasteiger charge is -2.19. The largest absolute Gasteiger partial charge is 0.478 e. The van der Waals surface area contributed by atoms with Gasteiger partial charge in [0.1, 0.15) is 0 Å². The summed E-state index contributed by atoms with van der Waals surface area (Å²) in [5.74, 6) is -0.973. The van der Waals surface area contributed by atoms with Gasteiger partial charge in [0.25, 0.3) is 0 Å². The Labute approximate surface area is 128 Å². The van der Waals surface area contributed by atoms with Gasteiger partial charge in [0, 0.05) is 24.0 Å². The molecule has 5 nitrogen and oxygen atoms in total. The molecule has 0 fully saturated rings. The molecule has 2 rings (SSSR count). The van der Waals surface area contributed by atoms with Crippen LogP contribution in [-0.2, 0) is 6.42 Å². The molecular weight excluding hydrogens is 288 g/mol. The monoisotopic (exact) mass is 308 g/mol. The summed E-state index contributed by atoms with van der Waals surface area (Å²) < 4.78 is 0. The van der Waals surface area contributed by atoms with Gasteiger partial charge >= 0.3 is 12.0 Å². The van der Waals surface area contributed by atoms with Gasteiger partial charge in [0.05, 0.1) is 5.56 Å². The average Bonchev–Trinajstić information content (AvgIpc) is 2.89. The predicted molar refractivity (Wildman–Crippen MR) is 85.4 cm³/mol. The maximum Gasteiger partial charge on any atom is 0.335 e. The van der Waals surface area contributed by atoms with Crippen LogP contribution >= 0.6 is 11.8 Å². The number of hydrogen-bond acceptors (Lipinski definition) is 3. The molecule has 1 aromatic carbocycles. The maximum atomic E-state index is 12.2. The quantitative estimate of drug-likeness (QED) is 0.877. The number of hydrogen-bond donors (Lipinski definition) is 2. The number of anilines is 1. The number of urea groups is 1. The highest BCUT2D eigenvalue weighted by Crippen LogP contribution is 2.29. The summed E-state index contributed by atoms with van der Waals surface area (Å²) in [5, 5.41) is 12.5. The number of fused-ring (bicyclic) bond motifs is 1. The molecule has 1 unspecified atom stereocenters. The van der Waals surface area contributed by atoms with E-state index in [1.54, 1.807) is 34.9 Å². The molecule has 2 N–H and O–H groups in total. The highest BCUT2D eigenvalue weighted by Gasteiger charge is 2.25. The molecule has 21 heavy (non-hydrogen) atoms. The topological polar surface area (TPSA) is 69.6 Å². The van der Waals surface area contributed by atoms with Crippen LogP contribution in [-0.4, -0.2) is 41.7 Å². The van der Waals surface area contributed by atoms with Gasteiger partial charge in [-0.2, -0.15) is 11.8 Å². The number of carbonyl (C=O) groups is 2. The predicted octanol–water partition coefficient (Wildman–Crippen LogP) is 2.60. The summed E-state index contributed by atoms with van der Waals surface area (Å²) in [4.78, 5) is 24.9. The van der Waals surface area contributed by atoms with Crippen molar-refractivity contribution < 1.29 is 14.7 Å². The number of carboxylic acid groups (broad SMARTS) is 1. The van der Waals surface area contributed by atoms with E-state index in [2.05, 4.69) is 18.5 Å². The summed E-state index contributed by atoms with van der Waals surface area (Å²) in [6.07, 6.45) is 3.74. The van der Waals surface area contributed by atoms with Gasteiger partial charge in [-0.3, -0.25) is 4.90 Å². The first-order valence-corrected chi connectivity index (χ1v) is 8.26. The summed E-state index contributed by atoms with van der Waals surface area (Å²) in [7, 11) is 0. The van der Waals surface area contributed by atoms with Crippen LogP contribution in [0.1, 0.15) is 29.3 Å². The smallest absolute Gasteiger partial charge is 0.335 e. The lowest BCUT2D eigenvalue weighted by Crippen LogP contribution is -2.39. The fraction of sp³-hybridized carbons (Fsp3) is 0.467. The van der Waals surface area contributed by atoms with E-state index in [-0.39, 0.29) is 11.6 Å². The first kappa shape index (κ1) is 15.7. The molecule has 0 bridgehead atoms. The molecule has 0 aliphatic carbocycles. The van der Waals surface area contributed by atoms with Crippen molar-refractivity contribution in [2.45, 2.75) is 25.0 Å². The van der Waals surface area contributed by atoms with Crippen LogP contribution in [0.15, 0.2) is 18.2 Å². The van der Waals surface area contributed by atoms with Crippen LogP contribution in [0.25, 0.3) is 0 Å². The number of amides is 2. The Hall–Kier alpha value is -1.69. The Morgan fingerprint density at radius 1 is 1.48 bits per heavy atom. The normalized spacial score (nSPS) is 14.7. The van der Waals surface area contributed by atoms with Gasteiger partial charge in [-0.1, -0.05) is 13.0 Å². The van der Waals surface area contributed by atoms with Crippen LogP contribution in [0.3, 0.4) is 0 Å². The number of rotatable bonds is 5. The third kappa shape index (κ3) is 3.69. The van der Waals surface area contributed by atoms with Crippen molar-refractivity contribution in [1.82, 2.24) is 5.32 Å². The highest BCUT2D eigenvalue weighted by molar-refractivity contribution is 7.99. The minimum absolute atomic E-state index is 0.149. The van der Waals surface area contributed by atoms with Crippen molar-refractivity contribution >= 4 is 29.4 Å². The summed E-state index contributed by atoms with van der Waals surface area (Å²) in [6, 6.07) is 4.81. The molecule has 0 spiro atoms. The number of carboxylic acids is 1. The number of nitrogens with one attached hydrogen (secondary N) is 1. The second-order valence-electron chi connectivity index (χ2n) is 5.12. The van der Waals surface area contributed by atoms with E-state index >= 15 is 0 Å². The molecule has 0 radical (unpaired) electrons. The summed E-state index contributed by atoms with van der Waals surface area (Å²) in [5.41, 5.74) is 1.95. The number of benzene rings is 1. The van der Waals surface area contributed by atoms with E-state index in [4.69, 9.17) is 5.11 Å². The minimum atomic E-state index is -0.973. The van der Waals surface area contributed by atoms with Crippen molar-refractivity contribution in [3.05, 3.63) is 29.3 Å². The first-order chi connectivity index (χ1) is 10.0. The fourth-order valence-corrected chi connectivity index (χ4v) is 2.67. The molecule has 0 saturated heterocycles. The van der Waals surface area contributed by atoms with Gasteiger partial charge < -0.3 is 10.4 Å². The Morgan fingerprint density at radius 2 is 2.24 bits per heavy atom. The van der Waals surface area contributed by atoms with Crippen molar-refractivity contribution in [2.75, 3.05) is 24.2 Å².